The van der Waals surface area contributed by atoms with E-state index in [0.717, 1.165) is 11.1 Å². The molecule has 0 spiro atoms. The van der Waals surface area contributed by atoms with Crippen LogP contribution in [0.1, 0.15) is 26.3 Å². The zero-order valence-electron chi connectivity index (χ0n) is 32.4. The van der Waals surface area contributed by atoms with Crippen molar-refractivity contribution < 1.29 is 62.3 Å². The van der Waals surface area contributed by atoms with Crippen LogP contribution >= 0.6 is 0 Å². The van der Waals surface area contributed by atoms with Crippen LogP contribution in [-0.4, -0.2) is 35.1 Å². The average molecular weight is 843 g/mol. The molecule has 16 nitrogen and oxygen atoms in total. The Morgan fingerprint density at radius 3 is 1.74 bits per heavy atom. The third-order valence-corrected chi connectivity index (χ3v) is 10.0. The number of hydrogen-bond donors (Lipinski definition) is 6. The van der Waals surface area contributed by atoms with E-state index in [1.807, 2.05) is 24.3 Å². The molecule has 298 valence electrons. The summed E-state index contributed by atoms with van der Waals surface area (Å²) in [5, 5.41) is 48.5. The van der Waals surface area contributed by atoms with Crippen LogP contribution in [0.25, 0.3) is 21.9 Å². The van der Waals surface area contributed by atoms with Crippen molar-refractivity contribution in [2.75, 3.05) is 16.8 Å². The largest absolute Gasteiger partial charge is 1.00 e. The molecule has 8 N–H and O–H groups in total. The second-order valence-electron chi connectivity index (χ2n) is 13.3. The third-order valence-electron chi connectivity index (χ3n) is 9.16. The van der Waals surface area contributed by atoms with E-state index in [4.69, 9.17) is 11.5 Å². The maximum absolute atomic E-state index is 13.0. The van der Waals surface area contributed by atoms with E-state index in [9.17, 15) is 32.8 Å². The van der Waals surface area contributed by atoms with Gasteiger partial charge in [-0.1, -0.05) is 36.4 Å². The molecule has 7 rings (SSSR count). The first-order valence-electron chi connectivity index (χ1n) is 17.9. The standard InChI is InChI=1S/C43H33N9O7S.Na/c1-24-20-37(51-48-31-12-4-26(5-13-31)25-2-10-30(11-3-25)47-50-34-17-19-38(53)36(23-34)43(55)56)40(45)41(39(24)44)52-49-32-14-6-27(7-15-32)42(54)46-33-16-8-29-22-35(60(57,58)59)18-9-28(29)21-33;/h2-23,53H,44-45H2,1H3,(H,46,54)(H,55,56)(H,57,58,59);/q;+1. The van der Waals surface area contributed by atoms with Gasteiger partial charge in [0.25, 0.3) is 16.0 Å². The number of aromatic hydroxyl groups is 1. The zero-order valence-corrected chi connectivity index (χ0v) is 35.2. The van der Waals surface area contributed by atoms with Crippen molar-refractivity contribution in [3.63, 3.8) is 0 Å². The summed E-state index contributed by atoms with van der Waals surface area (Å²) in [7, 11) is -4.34. The first kappa shape index (κ1) is 43.4. The number of hydrogen-bond acceptors (Lipinski definition) is 13. The van der Waals surface area contributed by atoms with E-state index >= 15 is 0 Å². The van der Waals surface area contributed by atoms with Crippen LogP contribution in [0.4, 0.5) is 51.2 Å². The number of carboxylic acid groups (broad SMARTS) is 1. The smallest absolute Gasteiger partial charge is 0.507 e. The molecule has 0 aromatic heterocycles. The summed E-state index contributed by atoms with van der Waals surface area (Å²) in [5.41, 5.74) is 18.7. The van der Waals surface area contributed by atoms with Crippen molar-refractivity contribution in [2.45, 2.75) is 11.8 Å². The molecule has 7 aromatic carbocycles. The summed E-state index contributed by atoms with van der Waals surface area (Å²) >= 11 is 0. The molecule has 0 fully saturated rings. The molecule has 0 atom stereocenters. The van der Waals surface area contributed by atoms with Crippen molar-refractivity contribution >= 4 is 84.0 Å². The molecule has 61 heavy (non-hydrogen) atoms. The minimum absolute atomic E-state index is 0. The normalized spacial score (nSPS) is 11.6. The van der Waals surface area contributed by atoms with Gasteiger partial charge in [0.05, 0.1) is 39.0 Å². The number of nitrogens with two attached hydrogens (primary N) is 2. The predicted molar refractivity (Wildman–Crippen MR) is 228 cm³/mol. The minimum atomic E-state index is -4.34. The Labute approximate surface area is 370 Å². The maximum atomic E-state index is 13.0. The van der Waals surface area contributed by atoms with Crippen molar-refractivity contribution in [2.24, 2.45) is 30.7 Å². The number of phenols is 1. The van der Waals surface area contributed by atoms with Crippen molar-refractivity contribution in [1.29, 1.82) is 0 Å². The van der Waals surface area contributed by atoms with Gasteiger partial charge in [0.1, 0.15) is 22.7 Å². The van der Waals surface area contributed by atoms with Gasteiger partial charge in [0, 0.05) is 11.3 Å². The fraction of sp³-hybridized carbons (Fsp3) is 0.0233. The molecule has 0 unspecified atom stereocenters. The van der Waals surface area contributed by atoms with Gasteiger partial charge >= 0.3 is 35.5 Å². The number of amides is 1. The summed E-state index contributed by atoms with van der Waals surface area (Å²) in [5.74, 6) is -2.00. The summed E-state index contributed by atoms with van der Waals surface area (Å²) < 4.78 is 32.2. The average Bonchev–Trinajstić information content (AvgIpc) is 3.24. The Morgan fingerprint density at radius 2 is 1.13 bits per heavy atom. The van der Waals surface area contributed by atoms with Gasteiger partial charge in [-0.2, -0.15) is 28.9 Å². The number of carbonyl (C=O) groups excluding carboxylic acids is 1. The molecule has 0 heterocycles. The molecule has 0 aliphatic rings. The predicted octanol–water partition coefficient (Wildman–Crippen LogP) is 8.13. The van der Waals surface area contributed by atoms with Crippen molar-refractivity contribution in [3.8, 4) is 16.9 Å². The SMILES string of the molecule is Cc1cc(N=Nc2ccc(-c3ccc(N=Nc4ccc(O)c(C(=O)O)c4)cc3)cc2)c(N)c(N=Nc2ccc(C(=O)Nc3ccc4cc(S(=O)(=O)O)ccc4c3)cc2)c1N.[Na+]. The Morgan fingerprint density at radius 1 is 0.607 bits per heavy atom. The summed E-state index contributed by atoms with van der Waals surface area (Å²) in [6.07, 6.45) is 0. The quantitative estimate of drug-likeness (QED) is 0.0317. The Balaban J connectivity index is 0.00000622. The minimum Gasteiger partial charge on any atom is -0.507 e. The van der Waals surface area contributed by atoms with Gasteiger partial charge in [-0.3, -0.25) is 9.35 Å². The molecule has 0 bridgehead atoms. The number of carbonyl (C=O) groups is 2. The molecule has 0 aliphatic carbocycles. The number of benzene rings is 7. The van der Waals surface area contributed by atoms with Crippen LogP contribution in [-0.2, 0) is 10.1 Å². The first-order chi connectivity index (χ1) is 28.7. The number of fused-ring (bicyclic) bond motifs is 1. The van der Waals surface area contributed by atoms with Crippen LogP contribution in [0, 0.1) is 6.92 Å². The number of anilines is 3. The summed E-state index contributed by atoms with van der Waals surface area (Å²) in [6.45, 7) is 1.79. The monoisotopic (exact) mass is 842 g/mol. The molecule has 0 saturated carbocycles. The van der Waals surface area contributed by atoms with E-state index < -0.39 is 16.1 Å². The van der Waals surface area contributed by atoms with Gasteiger partial charge < -0.3 is 27.0 Å². The number of nitrogens with one attached hydrogen (secondary N) is 1. The van der Waals surface area contributed by atoms with Gasteiger partial charge in [-0.15, -0.1) is 10.2 Å². The Bertz CT molecular complexity index is 3020. The number of nitrogen functional groups attached to an aromatic ring is 2. The maximum Gasteiger partial charge on any atom is 1.00 e. The van der Waals surface area contributed by atoms with E-state index in [0.29, 0.717) is 56.0 Å². The number of rotatable bonds is 11. The molecule has 7 aromatic rings. The second-order valence-corrected chi connectivity index (χ2v) is 14.7. The molecule has 0 radical (unpaired) electrons. The zero-order chi connectivity index (χ0) is 42.6. The Kier molecular flexibility index (Phi) is 13.1. The van der Waals surface area contributed by atoms with E-state index in [2.05, 4.69) is 36.0 Å². The van der Waals surface area contributed by atoms with Gasteiger partial charge in [-0.05, 0) is 131 Å². The molecule has 1 amide bonds. The Hall–Kier alpha value is -7.15. The fourth-order valence-electron chi connectivity index (χ4n) is 5.88. The summed E-state index contributed by atoms with van der Waals surface area (Å²) in [4.78, 5) is 24.0. The number of azo groups is 3. The van der Waals surface area contributed by atoms with Gasteiger partial charge in [0.2, 0.25) is 0 Å². The first-order valence-corrected chi connectivity index (χ1v) is 19.3. The van der Waals surface area contributed by atoms with E-state index in [-0.39, 0.29) is 68.7 Å². The fourth-order valence-corrected chi connectivity index (χ4v) is 6.40. The molecular formula is C43H33N9NaO7S+. The van der Waals surface area contributed by atoms with E-state index in [1.54, 1.807) is 85.8 Å². The van der Waals surface area contributed by atoms with Crippen molar-refractivity contribution in [3.05, 3.63) is 150 Å². The molecule has 0 aliphatic heterocycles. The van der Waals surface area contributed by atoms with Crippen LogP contribution in [0.15, 0.2) is 169 Å². The summed E-state index contributed by atoms with van der Waals surface area (Å²) in [6, 6.07) is 35.8. The van der Waals surface area contributed by atoms with Crippen LogP contribution in [0.2, 0.25) is 0 Å². The van der Waals surface area contributed by atoms with E-state index in [1.165, 1.54) is 30.3 Å². The van der Waals surface area contributed by atoms with Crippen molar-refractivity contribution in [1.82, 2.24) is 0 Å². The molecular weight excluding hydrogens is 810 g/mol. The topological polar surface area (TPSA) is 267 Å². The number of nitrogens with zero attached hydrogens (tertiary/aromatic N) is 6. The second kappa shape index (κ2) is 18.4. The van der Waals surface area contributed by atoms with Gasteiger partial charge in [-0.25, -0.2) is 4.79 Å². The number of aromatic carboxylic acids is 1. The third kappa shape index (κ3) is 10.4. The van der Waals surface area contributed by atoms with Crippen LogP contribution in [0.5, 0.6) is 5.75 Å². The van der Waals surface area contributed by atoms with Crippen LogP contribution in [0.3, 0.4) is 0 Å². The number of carboxylic acids is 1. The number of aryl methyl sites for hydroxylation is 1. The van der Waals surface area contributed by atoms with Crippen LogP contribution < -0.4 is 46.3 Å². The molecule has 0 saturated heterocycles. The van der Waals surface area contributed by atoms with Gasteiger partial charge in [0.15, 0.2) is 0 Å². The molecule has 18 heteroatoms.